The molecule has 34 heavy (non-hydrogen) atoms. The molecule has 0 saturated heterocycles. The smallest absolute Gasteiger partial charge is 0.336 e. The van der Waals surface area contributed by atoms with Gasteiger partial charge >= 0.3 is 5.97 Å². The van der Waals surface area contributed by atoms with E-state index in [1.165, 1.54) is 0 Å². The quantitative estimate of drug-likeness (QED) is 0.368. The summed E-state index contributed by atoms with van der Waals surface area (Å²) in [5, 5.41) is 18.1. The number of carboxylic acids is 1. The third-order valence-electron chi connectivity index (χ3n) is 5.43. The lowest BCUT2D eigenvalue weighted by Crippen LogP contribution is -2.31. The lowest BCUT2D eigenvalue weighted by molar-refractivity contribution is -0.130. The first-order chi connectivity index (χ1) is 16.4. The second kappa shape index (κ2) is 9.14. The van der Waals surface area contributed by atoms with Crippen LogP contribution >= 0.6 is 34.8 Å². The number of ether oxygens (including phenoxy) is 2. The van der Waals surface area contributed by atoms with Gasteiger partial charge in [-0.3, -0.25) is 0 Å². The van der Waals surface area contributed by atoms with Crippen LogP contribution in [0.15, 0.2) is 66.7 Å². The van der Waals surface area contributed by atoms with Gasteiger partial charge in [-0.25, -0.2) is 4.79 Å². The monoisotopic (exact) mass is 514 g/mol. The topological polar surface area (TPSA) is 79.8 Å². The van der Waals surface area contributed by atoms with Crippen LogP contribution in [0.1, 0.15) is 16.7 Å². The number of fused-ring (bicyclic) bond motifs is 1. The van der Waals surface area contributed by atoms with E-state index in [1.807, 2.05) is 18.2 Å². The molecular weight excluding hydrogens is 499 g/mol. The molecule has 2 heterocycles. The summed E-state index contributed by atoms with van der Waals surface area (Å²) in [6, 6.07) is 17.4. The van der Waals surface area contributed by atoms with Gasteiger partial charge in [-0.2, -0.15) is 0 Å². The summed E-state index contributed by atoms with van der Waals surface area (Å²) in [7, 11) is 0. The molecule has 0 radical (unpaired) electrons. The fourth-order valence-electron chi connectivity index (χ4n) is 3.84. The molecule has 0 bridgehead atoms. The molecule has 0 aliphatic carbocycles. The molecule has 1 atom stereocenters. The Kier molecular flexibility index (Phi) is 6.04. The summed E-state index contributed by atoms with van der Waals surface area (Å²) in [6.07, 6.45) is 1.05. The van der Waals surface area contributed by atoms with E-state index >= 15 is 0 Å². The minimum Gasteiger partial charge on any atom is -0.478 e. The van der Waals surface area contributed by atoms with E-state index in [9.17, 15) is 9.90 Å². The molecular formula is C25H17Cl3N2O4. The number of hydrogen-bond acceptors (Lipinski definition) is 5. The molecule has 0 fully saturated rings. The van der Waals surface area contributed by atoms with Crippen LogP contribution in [-0.2, 0) is 4.79 Å². The van der Waals surface area contributed by atoms with Crippen molar-refractivity contribution in [3.05, 3.63) is 98.5 Å². The van der Waals surface area contributed by atoms with E-state index < -0.39 is 12.1 Å². The van der Waals surface area contributed by atoms with Gasteiger partial charge in [0.1, 0.15) is 6.17 Å². The number of nitrogens with one attached hydrogen (secondary N) is 2. The first kappa shape index (κ1) is 22.5. The maximum atomic E-state index is 12.1. The highest BCUT2D eigenvalue weighted by Crippen LogP contribution is 2.38. The fourth-order valence-corrected chi connectivity index (χ4v) is 4.35. The van der Waals surface area contributed by atoms with Crippen molar-refractivity contribution < 1.29 is 19.4 Å². The van der Waals surface area contributed by atoms with Gasteiger partial charge in [0, 0.05) is 21.2 Å². The van der Waals surface area contributed by atoms with Crippen LogP contribution in [0, 0.1) is 0 Å². The van der Waals surface area contributed by atoms with Crippen molar-refractivity contribution in [3.63, 3.8) is 0 Å². The van der Waals surface area contributed by atoms with Crippen LogP contribution in [0.5, 0.6) is 11.5 Å². The van der Waals surface area contributed by atoms with Crippen LogP contribution in [0.3, 0.4) is 0 Å². The lowest BCUT2D eigenvalue weighted by Gasteiger charge is -2.13. The van der Waals surface area contributed by atoms with Crippen LogP contribution in [0.2, 0.25) is 15.1 Å². The average molecular weight is 516 g/mol. The van der Waals surface area contributed by atoms with Crippen LogP contribution in [0.25, 0.3) is 17.0 Å². The second-order valence-corrected chi connectivity index (χ2v) is 8.88. The normalized spacial score (nSPS) is 16.9. The average Bonchev–Trinajstić information content (AvgIpc) is 3.46. The molecule has 6 nitrogen and oxygen atoms in total. The fraction of sp³-hybridized carbons (Fsp3) is 0.0800. The van der Waals surface area contributed by atoms with Crippen LogP contribution in [0.4, 0.5) is 0 Å². The summed E-state index contributed by atoms with van der Waals surface area (Å²) in [6.45, 7) is 0.158. The third kappa shape index (κ3) is 4.40. The Labute approximate surface area is 210 Å². The van der Waals surface area contributed by atoms with E-state index in [0.717, 1.165) is 5.56 Å². The number of carbonyl (C=O) groups is 1. The predicted octanol–water partition coefficient (Wildman–Crippen LogP) is 5.89. The summed E-state index contributed by atoms with van der Waals surface area (Å²) < 4.78 is 11.0. The second-order valence-electron chi connectivity index (χ2n) is 7.60. The highest BCUT2D eigenvalue weighted by Gasteiger charge is 2.28. The maximum absolute atomic E-state index is 12.1. The molecule has 0 amide bonds. The molecule has 1 unspecified atom stereocenters. The van der Waals surface area contributed by atoms with Gasteiger partial charge in [0.25, 0.3) is 0 Å². The Hall–Kier alpha value is -3.32. The molecule has 9 heteroatoms. The molecule has 3 N–H and O–H groups in total. The van der Waals surface area contributed by atoms with Crippen molar-refractivity contribution in [2.75, 3.05) is 6.79 Å². The van der Waals surface area contributed by atoms with Gasteiger partial charge in [0.15, 0.2) is 11.5 Å². The molecule has 5 rings (SSSR count). The maximum Gasteiger partial charge on any atom is 0.336 e. The molecule has 3 aromatic rings. The largest absolute Gasteiger partial charge is 0.478 e. The van der Waals surface area contributed by atoms with Gasteiger partial charge in [0.05, 0.1) is 22.0 Å². The van der Waals surface area contributed by atoms with Crippen LogP contribution < -0.4 is 20.1 Å². The number of rotatable bonds is 5. The minimum absolute atomic E-state index is 0.116. The molecule has 0 aromatic heterocycles. The summed E-state index contributed by atoms with van der Waals surface area (Å²) >= 11 is 18.7. The Bertz CT molecular complexity index is 1350. The lowest BCUT2D eigenvalue weighted by atomic mass is 10.1. The third-order valence-corrected chi connectivity index (χ3v) is 6.24. The summed E-state index contributed by atoms with van der Waals surface area (Å²) in [4.78, 5) is 12.1. The van der Waals surface area contributed by atoms with Crippen molar-refractivity contribution in [3.8, 4) is 11.5 Å². The van der Waals surface area contributed by atoms with E-state index in [0.29, 0.717) is 49.1 Å². The van der Waals surface area contributed by atoms with Crippen LogP contribution in [-0.4, -0.2) is 24.0 Å². The number of aliphatic carboxylic acids is 1. The zero-order chi connectivity index (χ0) is 23.8. The minimum atomic E-state index is -1.07. The highest BCUT2D eigenvalue weighted by molar-refractivity contribution is 6.34. The molecule has 0 spiro atoms. The Morgan fingerprint density at radius 2 is 1.59 bits per heavy atom. The van der Waals surface area contributed by atoms with Gasteiger partial charge in [-0.1, -0.05) is 46.9 Å². The van der Waals surface area contributed by atoms with Gasteiger partial charge in [-0.15, -0.1) is 0 Å². The van der Waals surface area contributed by atoms with Crippen molar-refractivity contribution in [2.45, 2.75) is 6.17 Å². The predicted molar refractivity (Wildman–Crippen MR) is 133 cm³/mol. The van der Waals surface area contributed by atoms with E-state index in [-0.39, 0.29) is 12.4 Å². The van der Waals surface area contributed by atoms with Crippen molar-refractivity contribution in [1.29, 1.82) is 0 Å². The molecule has 2 aliphatic rings. The van der Waals surface area contributed by atoms with E-state index in [4.69, 9.17) is 44.3 Å². The highest BCUT2D eigenvalue weighted by atomic mass is 35.5. The number of benzene rings is 3. The standard InChI is InChI=1S/C25H17Cl3N2O4/c26-15-4-1-13(2-5-15)17(25(31)32)11-22-29-23(14-3-8-20-21(9-14)34-12-33-20)24(30-22)18-10-16(27)6-7-19(18)28/h1-11,22,29-30H,12H2,(H,31,32)/b17-11-. The van der Waals surface area contributed by atoms with Crippen molar-refractivity contribution >= 4 is 57.7 Å². The van der Waals surface area contributed by atoms with Gasteiger partial charge < -0.3 is 25.2 Å². The number of hydrogen-bond donors (Lipinski definition) is 3. The van der Waals surface area contributed by atoms with Gasteiger partial charge in [-0.05, 0) is 60.2 Å². The Balaban J connectivity index is 1.58. The zero-order valence-corrected chi connectivity index (χ0v) is 19.7. The number of halogens is 3. The van der Waals surface area contributed by atoms with Crippen molar-refractivity contribution in [1.82, 2.24) is 10.6 Å². The molecule has 0 saturated carbocycles. The Morgan fingerprint density at radius 3 is 2.35 bits per heavy atom. The molecule has 3 aromatic carbocycles. The SMILES string of the molecule is O=C(O)/C(=C\C1NC(c2ccc3c(c2)OCO3)=C(c2cc(Cl)ccc2Cl)N1)c1ccc(Cl)cc1. The Morgan fingerprint density at radius 1 is 0.882 bits per heavy atom. The summed E-state index contributed by atoms with van der Waals surface area (Å²) in [5.41, 5.74) is 3.51. The molecule has 2 aliphatic heterocycles. The van der Waals surface area contributed by atoms with Crippen molar-refractivity contribution in [2.24, 2.45) is 0 Å². The summed E-state index contributed by atoms with van der Waals surface area (Å²) in [5.74, 6) is 0.213. The van der Waals surface area contributed by atoms with E-state index in [2.05, 4.69) is 10.6 Å². The van der Waals surface area contributed by atoms with Gasteiger partial charge in [0.2, 0.25) is 6.79 Å². The first-order valence-corrected chi connectivity index (χ1v) is 11.4. The molecule has 172 valence electrons. The zero-order valence-electron chi connectivity index (χ0n) is 17.4. The first-order valence-electron chi connectivity index (χ1n) is 10.2. The van der Waals surface area contributed by atoms with E-state index in [1.54, 1.807) is 48.5 Å². The number of carboxylic acid groups (broad SMARTS) is 1.